The van der Waals surface area contributed by atoms with Gasteiger partial charge in [-0.2, -0.15) is 0 Å². The van der Waals surface area contributed by atoms with Crippen LogP contribution in [-0.4, -0.2) is 6.29 Å². The molecule has 2 nitrogen and oxygen atoms in total. The lowest BCUT2D eigenvalue weighted by Crippen LogP contribution is -2.21. The molecule has 0 spiro atoms. The third kappa shape index (κ3) is 4.29. The molecular weight excluding hydrogens is 353 g/mol. The Morgan fingerprint density at radius 3 is 2.39 bits per heavy atom. The first kappa shape index (κ1) is 17.9. The number of rotatable bonds is 6. The molecule has 0 bridgehead atoms. The van der Waals surface area contributed by atoms with Crippen LogP contribution in [0.1, 0.15) is 29.3 Å². The lowest BCUT2D eigenvalue weighted by molar-refractivity contribution is 0.112. The summed E-state index contributed by atoms with van der Waals surface area (Å²) in [5, 5.41) is 1.45. The van der Waals surface area contributed by atoms with E-state index in [1.54, 1.807) is 18.2 Å². The minimum Gasteiger partial charge on any atom is -0.341 e. The molecular formula is C18H16Cl3NO. The highest BCUT2D eigenvalue weighted by Crippen LogP contribution is 2.29. The lowest BCUT2D eigenvalue weighted by atomic mass is 10.1. The van der Waals surface area contributed by atoms with Gasteiger partial charge in [-0.1, -0.05) is 54.4 Å². The quantitative estimate of drug-likeness (QED) is 0.551. The van der Waals surface area contributed by atoms with Crippen molar-refractivity contribution in [2.45, 2.75) is 19.9 Å². The number of carbonyl (C=O) groups excluding carboxylic acids is 1. The molecule has 0 atom stereocenters. The molecule has 0 aliphatic heterocycles. The van der Waals surface area contributed by atoms with Crippen LogP contribution in [0.2, 0.25) is 15.1 Å². The van der Waals surface area contributed by atoms with Gasteiger partial charge in [-0.3, -0.25) is 4.79 Å². The molecule has 2 aromatic carbocycles. The second kappa shape index (κ2) is 7.87. The van der Waals surface area contributed by atoms with Crippen LogP contribution in [0.15, 0.2) is 48.7 Å². The third-order valence-corrected chi connectivity index (χ3v) is 4.60. The van der Waals surface area contributed by atoms with Crippen molar-refractivity contribution >= 4 is 46.8 Å². The van der Waals surface area contributed by atoms with Crippen LogP contribution in [-0.2, 0) is 6.54 Å². The minimum absolute atomic E-state index is 0.417. The van der Waals surface area contributed by atoms with Crippen molar-refractivity contribution in [3.63, 3.8) is 0 Å². The average molecular weight is 369 g/mol. The van der Waals surface area contributed by atoms with E-state index < -0.39 is 0 Å². The maximum atomic E-state index is 10.9. The molecule has 5 heteroatoms. The number of halogens is 3. The van der Waals surface area contributed by atoms with Gasteiger partial charge in [0.2, 0.25) is 0 Å². The zero-order valence-corrected chi connectivity index (χ0v) is 14.9. The first-order valence-corrected chi connectivity index (χ1v) is 8.23. The summed E-state index contributed by atoms with van der Waals surface area (Å²) < 4.78 is 0. The summed E-state index contributed by atoms with van der Waals surface area (Å²) in [5.74, 6) is 0. The van der Waals surface area contributed by atoms with Gasteiger partial charge in [0, 0.05) is 23.5 Å². The Labute approximate surface area is 151 Å². The summed E-state index contributed by atoms with van der Waals surface area (Å²) >= 11 is 18.2. The first-order valence-electron chi connectivity index (χ1n) is 7.10. The highest BCUT2D eigenvalue weighted by atomic mass is 35.5. The highest BCUT2D eigenvalue weighted by Gasteiger charge is 2.13. The molecule has 0 heterocycles. The molecule has 2 rings (SSSR count). The summed E-state index contributed by atoms with van der Waals surface area (Å²) in [7, 11) is 0. The van der Waals surface area contributed by atoms with Crippen LogP contribution in [0.4, 0.5) is 5.69 Å². The first-order chi connectivity index (χ1) is 11.0. The molecule has 2 aromatic rings. The van der Waals surface area contributed by atoms with Crippen molar-refractivity contribution in [1.82, 2.24) is 0 Å². The van der Waals surface area contributed by atoms with Crippen LogP contribution < -0.4 is 4.90 Å². The topological polar surface area (TPSA) is 20.3 Å². The van der Waals surface area contributed by atoms with Crippen molar-refractivity contribution in [3.8, 4) is 0 Å². The van der Waals surface area contributed by atoms with Crippen molar-refractivity contribution < 1.29 is 4.79 Å². The van der Waals surface area contributed by atoms with Crippen LogP contribution in [0, 0.1) is 0 Å². The van der Waals surface area contributed by atoms with Gasteiger partial charge in [0.25, 0.3) is 0 Å². The largest absolute Gasteiger partial charge is 0.341 e. The average Bonchev–Trinajstić information content (AvgIpc) is 2.55. The number of carbonyl (C=O) groups is 1. The fourth-order valence-electron chi connectivity index (χ4n) is 2.18. The van der Waals surface area contributed by atoms with Gasteiger partial charge in [-0.25, -0.2) is 0 Å². The second-order valence-corrected chi connectivity index (χ2v) is 6.30. The number of anilines is 1. The molecule has 0 N–H and O–H groups in total. The Morgan fingerprint density at radius 1 is 1.09 bits per heavy atom. The molecule has 0 radical (unpaired) electrons. The van der Waals surface area contributed by atoms with E-state index in [1.807, 2.05) is 30.0 Å². The number of hydrogen-bond acceptors (Lipinski definition) is 2. The van der Waals surface area contributed by atoms with Gasteiger partial charge >= 0.3 is 0 Å². The van der Waals surface area contributed by atoms with Crippen molar-refractivity contribution in [3.05, 3.63) is 74.9 Å². The Kier molecular flexibility index (Phi) is 6.11. The fourth-order valence-corrected chi connectivity index (χ4v) is 2.72. The Hall–Kier alpha value is -1.48. The Morgan fingerprint density at radius 2 is 1.83 bits per heavy atom. The van der Waals surface area contributed by atoms with E-state index >= 15 is 0 Å². The molecule has 23 heavy (non-hydrogen) atoms. The lowest BCUT2D eigenvalue weighted by Gasteiger charge is -2.27. The number of benzene rings is 2. The Bertz CT molecular complexity index is 743. The predicted molar refractivity (Wildman–Crippen MR) is 98.9 cm³/mol. The normalized spacial score (nSPS) is 10.4. The molecule has 0 amide bonds. The molecule has 0 saturated carbocycles. The SMILES string of the molecule is C=C(CC)N(Cc1ccc(Cl)c(Cl)c1)c1ccc(C=O)c(Cl)c1. The van der Waals surface area contributed by atoms with Gasteiger partial charge in [-0.05, 0) is 42.3 Å². The van der Waals surface area contributed by atoms with E-state index in [-0.39, 0.29) is 0 Å². The maximum absolute atomic E-state index is 10.9. The summed E-state index contributed by atoms with van der Waals surface area (Å²) in [6.45, 7) is 6.73. The zero-order valence-electron chi connectivity index (χ0n) is 12.7. The zero-order chi connectivity index (χ0) is 17.0. The number of aldehydes is 1. The molecule has 0 saturated heterocycles. The highest BCUT2D eigenvalue weighted by molar-refractivity contribution is 6.42. The van der Waals surface area contributed by atoms with Crippen LogP contribution >= 0.6 is 34.8 Å². The van der Waals surface area contributed by atoms with Gasteiger partial charge < -0.3 is 4.90 Å². The van der Waals surface area contributed by atoms with Gasteiger partial charge in [-0.15, -0.1) is 0 Å². The maximum Gasteiger partial charge on any atom is 0.151 e. The van der Waals surface area contributed by atoms with Gasteiger partial charge in [0.15, 0.2) is 6.29 Å². The van der Waals surface area contributed by atoms with Crippen LogP contribution in [0.5, 0.6) is 0 Å². The molecule has 0 fully saturated rings. The smallest absolute Gasteiger partial charge is 0.151 e. The summed E-state index contributed by atoms with van der Waals surface area (Å²) in [6, 6.07) is 10.9. The van der Waals surface area contributed by atoms with Crippen LogP contribution in [0.3, 0.4) is 0 Å². The predicted octanol–water partition coefficient (Wildman–Crippen LogP) is 6.39. The summed E-state index contributed by atoms with van der Waals surface area (Å²) in [4.78, 5) is 13.0. The molecule has 0 aliphatic rings. The minimum atomic E-state index is 0.417. The standard InChI is InChI=1S/C18H16Cl3NO/c1-3-12(2)22(10-13-4-7-16(19)18(21)8-13)15-6-5-14(11-23)17(20)9-15/h4-9,11H,2-3,10H2,1H3. The van der Waals surface area contributed by atoms with Crippen molar-refractivity contribution in [2.24, 2.45) is 0 Å². The molecule has 0 unspecified atom stereocenters. The van der Waals surface area contributed by atoms with E-state index in [1.165, 1.54) is 0 Å². The van der Waals surface area contributed by atoms with Crippen molar-refractivity contribution in [2.75, 3.05) is 4.90 Å². The van der Waals surface area contributed by atoms with Crippen LogP contribution in [0.25, 0.3) is 0 Å². The number of nitrogens with zero attached hydrogens (tertiary/aromatic N) is 1. The number of allylic oxidation sites excluding steroid dienone is 1. The number of hydrogen-bond donors (Lipinski definition) is 0. The molecule has 0 aromatic heterocycles. The monoisotopic (exact) mass is 367 g/mol. The van der Waals surface area contributed by atoms with E-state index in [2.05, 4.69) is 6.58 Å². The van der Waals surface area contributed by atoms with Gasteiger partial charge in [0.05, 0.1) is 15.1 Å². The van der Waals surface area contributed by atoms with E-state index in [0.29, 0.717) is 27.2 Å². The van der Waals surface area contributed by atoms with E-state index in [0.717, 1.165) is 29.7 Å². The third-order valence-electron chi connectivity index (χ3n) is 3.54. The summed E-state index contributed by atoms with van der Waals surface area (Å²) in [6.07, 6.45) is 1.53. The second-order valence-electron chi connectivity index (χ2n) is 5.08. The van der Waals surface area contributed by atoms with E-state index in [9.17, 15) is 4.79 Å². The fraction of sp³-hybridized carbons (Fsp3) is 0.167. The molecule has 0 aliphatic carbocycles. The van der Waals surface area contributed by atoms with Crippen molar-refractivity contribution in [1.29, 1.82) is 0 Å². The molecule has 120 valence electrons. The summed E-state index contributed by atoms with van der Waals surface area (Å²) in [5.41, 5.74) is 3.28. The van der Waals surface area contributed by atoms with Gasteiger partial charge in [0.1, 0.15) is 0 Å². The Balaban J connectivity index is 2.37. The van der Waals surface area contributed by atoms with E-state index in [4.69, 9.17) is 34.8 Å².